The van der Waals surface area contributed by atoms with Gasteiger partial charge in [0.2, 0.25) is 5.91 Å². The lowest BCUT2D eigenvalue weighted by atomic mass is 10.1. The molecule has 1 fully saturated rings. The smallest absolute Gasteiger partial charge is 0.264 e. The summed E-state index contributed by atoms with van der Waals surface area (Å²) in [5, 5.41) is 2.37. The molecule has 31 heavy (non-hydrogen) atoms. The predicted molar refractivity (Wildman–Crippen MR) is 118 cm³/mol. The Hall–Kier alpha value is -3.03. The van der Waals surface area contributed by atoms with Gasteiger partial charge in [-0.1, -0.05) is 29.8 Å². The molecule has 5 nitrogen and oxygen atoms in total. The molecule has 2 heterocycles. The van der Waals surface area contributed by atoms with Crippen LogP contribution in [0.5, 0.6) is 0 Å². The second-order valence-electron chi connectivity index (χ2n) is 7.12. The first-order chi connectivity index (χ1) is 14.9. The van der Waals surface area contributed by atoms with Gasteiger partial charge in [-0.25, -0.2) is 9.29 Å². The number of carbonyl (C=O) groups excluding carboxylic acids is 3. The first kappa shape index (κ1) is 21.2. The molecule has 8 heteroatoms. The summed E-state index contributed by atoms with van der Waals surface area (Å²) in [5.41, 5.74) is 1.21. The molecule has 158 valence electrons. The van der Waals surface area contributed by atoms with E-state index in [-0.39, 0.29) is 24.6 Å². The van der Waals surface area contributed by atoms with Crippen LogP contribution in [-0.4, -0.2) is 35.2 Å². The number of hydrogen-bond donors (Lipinski definition) is 0. The van der Waals surface area contributed by atoms with E-state index in [9.17, 15) is 18.8 Å². The fourth-order valence-corrected chi connectivity index (χ4v) is 4.50. The zero-order valence-corrected chi connectivity index (χ0v) is 17.9. The molecule has 0 saturated carbocycles. The van der Waals surface area contributed by atoms with Crippen molar-refractivity contribution in [2.75, 3.05) is 11.4 Å². The van der Waals surface area contributed by atoms with Gasteiger partial charge in [0.1, 0.15) is 11.9 Å². The summed E-state index contributed by atoms with van der Waals surface area (Å²) in [7, 11) is 0. The van der Waals surface area contributed by atoms with Crippen molar-refractivity contribution in [2.45, 2.75) is 18.9 Å². The van der Waals surface area contributed by atoms with Crippen molar-refractivity contribution in [1.82, 2.24) is 4.90 Å². The molecule has 1 saturated heterocycles. The Labute approximate surface area is 187 Å². The standard InChI is InChI=1S/C23H18ClFN2O3S/c24-16-4-1-3-15(13-16)10-11-26(23(30)20-5-2-12-31-20)19-14-21(28)27(22(19)29)18-8-6-17(25)7-9-18/h1-9,12-13,19H,10-11,14H2. The van der Waals surface area contributed by atoms with E-state index in [0.29, 0.717) is 16.3 Å². The van der Waals surface area contributed by atoms with Crippen molar-refractivity contribution < 1.29 is 18.8 Å². The normalized spacial score (nSPS) is 16.1. The quantitative estimate of drug-likeness (QED) is 0.511. The summed E-state index contributed by atoms with van der Waals surface area (Å²) >= 11 is 7.34. The Kier molecular flexibility index (Phi) is 6.15. The largest absolute Gasteiger partial charge is 0.325 e. The van der Waals surface area contributed by atoms with Crippen LogP contribution in [0.4, 0.5) is 10.1 Å². The average Bonchev–Trinajstić information content (AvgIpc) is 3.38. The highest BCUT2D eigenvalue weighted by Gasteiger charge is 2.44. The van der Waals surface area contributed by atoms with Gasteiger partial charge in [0.15, 0.2) is 0 Å². The number of anilines is 1. The van der Waals surface area contributed by atoms with Crippen LogP contribution in [0.2, 0.25) is 5.02 Å². The molecule has 3 aromatic rings. The molecule has 0 aliphatic carbocycles. The van der Waals surface area contributed by atoms with Gasteiger partial charge in [0, 0.05) is 11.6 Å². The maximum absolute atomic E-state index is 13.3. The molecule has 2 aromatic carbocycles. The topological polar surface area (TPSA) is 57.7 Å². The van der Waals surface area contributed by atoms with E-state index in [4.69, 9.17) is 11.6 Å². The average molecular weight is 457 g/mol. The molecule has 4 rings (SSSR count). The zero-order chi connectivity index (χ0) is 22.0. The summed E-state index contributed by atoms with van der Waals surface area (Å²) < 4.78 is 13.3. The highest BCUT2D eigenvalue weighted by molar-refractivity contribution is 7.12. The third-order valence-electron chi connectivity index (χ3n) is 5.11. The Bertz CT molecular complexity index is 1120. The van der Waals surface area contributed by atoms with Gasteiger partial charge in [-0.2, -0.15) is 0 Å². The van der Waals surface area contributed by atoms with Gasteiger partial charge in [-0.05, 0) is 59.8 Å². The number of hydrogen-bond acceptors (Lipinski definition) is 4. The third kappa shape index (κ3) is 4.52. The molecule has 0 spiro atoms. The van der Waals surface area contributed by atoms with Crippen LogP contribution in [-0.2, 0) is 16.0 Å². The maximum Gasteiger partial charge on any atom is 0.264 e. The summed E-state index contributed by atoms with van der Waals surface area (Å²) in [6.07, 6.45) is 0.356. The zero-order valence-electron chi connectivity index (χ0n) is 16.3. The first-order valence-corrected chi connectivity index (χ1v) is 10.9. The lowest BCUT2D eigenvalue weighted by Gasteiger charge is -2.27. The highest BCUT2D eigenvalue weighted by Crippen LogP contribution is 2.28. The Morgan fingerprint density at radius 3 is 2.58 bits per heavy atom. The van der Waals surface area contributed by atoms with Gasteiger partial charge >= 0.3 is 0 Å². The van der Waals surface area contributed by atoms with Gasteiger partial charge < -0.3 is 4.90 Å². The van der Waals surface area contributed by atoms with Gasteiger partial charge in [0.05, 0.1) is 17.0 Å². The van der Waals surface area contributed by atoms with Crippen LogP contribution in [0, 0.1) is 5.82 Å². The number of halogens is 2. The highest BCUT2D eigenvalue weighted by atomic mass is 35.5. The number of carbonyl (C=O) groups is 3. The molecule has 1 aromatic heterocycles. The molecule has 1 unspecified atom stereocenters. The molecule has 1 aliphatic heterocycles. The number of rotatable bonds is 6. The Morgan fingerprint density at radius 1 is 1.13 bits per heavy atom. The fourth-order valence-electron chi connectivity index (χ4n) is 3.60. The maximum atomic E-state index is 13.3. The van der Waals surface area contributed by atoms with Gasteiger partial charge in [-0.15, -0.1) is 11.3 Å². The monoisotopic (exact) mass is 456 g/mol. The van der Waals surface area contributed by atoms with Crippen LogP contribution in [0.15, 0.2) is 66.0 Å². The number of imide groups is 1. The molecule has 3 amide bonds. The molecule has 0 bridgehead atoms. The number of nitrogens with zero attached hydrogens (tertiary/aromatic N) is 2. The van der Waals surface area contributed by atoms with E-state index in [2.05, 4.69) is 0 Å². The molecule has 0 radical (unpaired) electrons. The van der Waals surface area contributed by atoms with Crippen molar-refractivity contribution in [3.05, 3.63) is 87.3 Å². The van der Waals surface area contributed by atoms with Crippen LogP contribution in [0.3, 0.4) is 0 Å². The minimum Gasteiger partial charge on any atom is -0.325 e. The van der Waals surface area contributed by atoms with E-state index in [0.717, 1.165) is 10.5 Å². The fraction of sp³-hybridized carbons (Fsp3) is 0.174. The van der Waals surface area contributed by atoms with Crippen molar-refractivity contribution in [3.8, 4) is 0 Å². The van der Waals surface area contributed by atoms with E-state index in [1.165, 1.54) is 40.5 Å². The molecule has 1 atom stereocenters. The lowest BCUT2D eigenvalue weighted by Crippen LogP contribution is -2.46. The lowest BCUT2D eigenvalue weighted by molar-refractivity contribution is -0.122. The molecular weight excluding hydrogens is 439 g/mol. The molecule has 0 N–H and O–H groups in total. The summed E-state index contributed by atoms with van der Waals surface area (Å²) in [4.78, 5) is 42.0. The van der Waals surface area contributed by atoms with E-state index in [1.54, 1.807) is 23.6 Å². The summed E-state index contributed by atoms with van der Waals surface area (Å²) in [5.74, 6) is -1.68. The van der Waals surface area contributed by atoms with Crippen LogP contribution in [0.25, 0.3) is 0 Å². The molecule has 1 aliphatic rings. The minimum absolute atomic E-state index is 0.122. The van der Waals surface area contributed by atoms with Crippen LogP contribution in [0.1, 0.15) is 21.7 Å². The minimum atomic E-state index is -0.925. The Morgan fingerprint density at radius 2 is 1.90 bits per heavy atom. The third-order valence-corrected chi connectivity index (χ3v) is 6.20. The summed E-state index contributed by atoms with van der Waals surface area (Å²) in [6.45, 7) is 0.248. The number of thiophene rings is 1. The second-order valence-corrected chi connectivity index (χ2v) is 8.50. The van der Waals surface area contributed by atoms with Crippen molar-refractivity contribution in [2.24, 2.45) is 0 Å². The van der Waals surface area contributed by atoms with Crippen molar-refractivity contribution in [3.63, 3.8) is 0 Å². The van der Waals surface area contributed by atoms with Gasteiger partial charge in [0.25, 0.3) is 11.8 Å². The number of benzene rings is 2. The van der Waals surface area contributed by atoms with Crippen LogP contribution >= 0.6 is 22.9 Å². The van der Waals surface area contributed by atoms with Crippen molar-refractivity contribution in [1.29, 1.82) is 0 Å². The van der Waals surface area contributed by atoms with E-state index < -0.39 is 23.7 Å². The van der Waals surface area contributed by atoms with E-state index >= 15 is 0 Å². The number of amides is 3. The van der Waals surface area contributed by atoms with E-state index in [1.807, 2.05) is 18.2 Å². The summed E-state index contributed by atoms with van der Waals surface area (Å²) in [6, 6.07) is 15.0. The Balaban J connectivity index is 1.61. The SMILES string of the molecule is O=C1CC(N(CCc2cccc(Cl)c2)C(=O)c2cccs2)C(=O)N1c1ccc(F)cc1. The van der Waals surface area contributed by atoms with Gasteiger partial charge in [-0.3, -0.25) is 14.4 Å². The molecular formula is C23H18ClFN2O3S. The van der Waals surface area contributed by atoms with Crippen molar-refractivity contribution >= 4 is 46.3 Å². The predicted octanol–water partition coefficient (Wildman–Crippen LogP) is 4.56. The second kappa shape index (κ2) is 8.99. The van der Waals surface area contributed by atoms with Crippen LogP contribution < -0.4 is 4.90 Å². The first-order valence-electron chi connectivity index (χ1n) is 9.65.